The third kappa shape index (κ3) is 5.43. The third-order valence-electron chi connectivity index (χ3n) is 15.6. The maximum Gasteiger partial charge on any atom is 0.132 e. The van der Waals surface area contributed by atoms with Crippen molar-refractivity contribution in [2.75, 3.05) is 4.90 Å². The van der Waals surface area contributed by atoms with Gasteiger partial charge in [-0.1, -0.05) is 206 Å². The van der Waals surface area contributed by atoms with Crippen LogP contribution in [0.4, 0.5) is 17.1 Å². The van der Waals surface area contributed by atoms with Crippen LogP contribution in [0.2, 0.25) is 0 Å². The van der Waals surface area contributed by atoms with Crippen LogP contribution in [0.25, 0.3) is 44.5 Å². The first-order chi connectivity index (χ1) is 35.2. The molecule has 11 aromatic carbocycles. The number of hydrogen-bond acceptors (Lipinski definition) is 3. The fourth-order valence-corrected chi connectivity index (χ4v) is 12.9. The van der Waals surface area contributed by atoms with E-state index in [0.717, 1.165) is 73.4 Å². The third-order valence-corrected chi connectivity index (χ3v) is 15.6. The van der Waals surface area contributed by atoms with Gasteiger partial charge < -0.3 is 14.4 Å². The quantitative estimate of drug-likeness (QED) is 0.172. The van der Waals surface area contributed by atoms with Gasteiger partial charge in [-0.05, 0) is 110 Å². The molecule has 2 heterocycles. The normalized spacial score (nSPS) is 14.1. The molecule has 4 aliphatic rings. The minimum Gasteiger partial charge on any atom is -0.457 e. The Morgan fingerprint density at radius 3 is 1.31 bits per heavy atom. The summed E-state index contributed by atoms with van der Waals surface area (Å²) in [4.78, 5) is 2.51. The highest BCUT2D eigenvalue weighted by Crippen LogP contribution is 2.65. The number of nitrogens with zero attached hydrogens (tertiary/aromatic N) is 1. The molecule has 0 unspecified atom stereocenters. The van der Waals surface area contributed by atoms with Gasteiger partial charge in [-0.25, -0.2) is 0 Å². The van der Waals surface area contributed by atoms with Crippen molar-refractivity contribution in [3.63, 3.8) is 0 Å². The standard InChI is InChI=1S/C68H43NO2/c1-2-20-44(21-3-1)48-24-6-13-34-60(48)69(61-35-19-33-59-66(61)50-26-5-8-28-53(50)68(59)57-31-11-16-38-64(57)71-65-39-17-12-32-58(65)68)47-23-18-22-45(42-47)46-40-41-54-51(43-46)49-25-4-7-27-52(49)67(54)55-29-9-14-36-62(55)70-63-37-15-10-30-56(63)67/h1-43H. The molecule has 0 N–H and O–H groups in total. The van der Waals surface area contributed by atoms with Gasteiger partial charge in [0.1, 0.15) is 23.0 Å². The summed E-state index contributed by atoms with van der Waals surface area (Å²) in [5, 5.41) is 0. The molecular formula is C68H43NO2. The molecule has 0 radical (unpaired) electrons. The summed E-state index contributed by atoms with van der Waals surface area (Å²) >= 11 is 0. The van der Waals surface area contributed by atoms with E-state index in [0.29, 0.717) is 0 Å². The van der Waals surface area contributed by atoms with Crippen molar-refractivity contribution in [1.82, 2.24) is 0 Å². The molecule has 3 nitrogen and oxygen atoms in total. The van der Waals surface area contributed by atoms with Crippen molar-refractivity contribution >= 4 is 17.1 Å². The van der Waals surface area contributed by atoms with E-state index in [9.17, 15) is 0 Å². The first kappa shape index (κ1) is 39.8. The van der Waals surface area contributed by atoms with Crippen LogP contribution < -0.4 is 14.4 Å². The molecule has 2 aliphatic heterocycles. The van der Waals surface area contributed by atoms with Crippen LogP contribution in [0, 0.1) is 0 Å². The summed E-state index contributed by atoms with van der Waals surface area (Å²) < 4.78 is 13.4. The smallest absolute Gasteiger partial charge is 0.132 e. The second kappa shape index (κ2) is 15.2. The van der Waals surface area contributed by atoms with Gasteiger partial charge in [0.05, 0.1) is 22.2 Å². The lowest BCUT2D eigenvalue weighted by Crippen LogP contribution is -2.32. The average molecular weight is 906 g/mol. The Bertz CT molecular complexity index is 3890. The van der Waals surface area contributed by atoms with Crippen LogP contribution in [0.3, 0.4) is 0 Å². The summed E-state index contributed by atoms with van der Waals surface area (Å²) in [6.45, 7) is 0. The molecule has 2 spiro atoms. The zero-order chi connectivity index (χ0) is 46.7. The zero-order valence-electron chi connectivity index (χ0n) is 38.6. The van der Waals surface area contributed by atoms with E-state index >= 15 is 0 Å². The van der Waals surface area contributed by atoms with Crippen molar-refractivity contribution in [2.45, 2.75) is 10.8 Å². The highest BCUT2D eigenvalue weighted by Gasteiger charge is 2.53. The van der Waals surface area contributed by atoms with Crippen LogP contribution in [0.15, 0.2) is 261 Å². The molecule has 71 heavy (non-hydrogen) atoms. The fraction of sp³-hybridized carbons (Fsp3) is 0.0294. The van der Waals surface area contributed by atoms with Crippen LogP contribution in [0.1, 0.15) is 44.5 Å². The molecule has 3 heteroatoms. The van der Waals surface area contributed by atoms with Crippen LogP contribution >= 0.6 is 0 Å². The lowest BCUT2D eigenvalue weighted by Gasteiger charge is -2.39. The van der Waals surface area contributed by atoms with Crippen LogP contribution in [0.5, 0.6) is 23.0 Å². The number of rotatable bonds is 5. The molecule has 0 saturated carbocycles. The summed E-state index contributed by atoms with van der Waals surface area (Å²) in [5.74, 6) is 3.55. The van der Waals surface area contributed by atoms with Crippen molar-refractivity contribution in [3.05, 3.63) is 305 Å². The first-order valence-corrected chi connectivity index (χ1v) is 24.5. The van der Waals surface area contributed by atoms with Crippen molar-refractivity contribution in [2.24, 2.45) is 0 Å². The predicted octanol–water partition coefficient (Wildman–Crippen LogP) is 17.4. The lowest BCUT2D eigenvalue weighted by atomic mass is 9.66. The minimum absolute atomic E-state index is 0.525. The molecule has 0 aromatic heterocycles. The summed E-state index contributed by atoms with van der Waals surface area (Å²) in [6, 6.07) is 95.1. The van der Waals surface area contributed by atoms with E-state index in [1.54, 1.807) is 0 Å². The van der Waals surface area contributed by atoms with Gasteiger partial charge in [0, 0.05) is 39.1 Å². The number of benzene rings is 11. The topological polar surface area (TPSA) is 21.7 Å². The highest BCUT2D eigenvalue weighted by molar-refractivity contribution is 6.01. The monoisotopic (exact) mass is 905 g/mol. The molecule has 0 saturated heterocycles. The van der Waals surface area contributed by atoms with E-state index in [1.165, 1.54) is 55.6 Å². The number of hydrogen-bond donors (Lipinski definition) is 0. The maximum absolute atomic E-state index is 6.73. The molecule has 15 rings (SSSR count). The number of anilines is 3. The highest BCUT2D eigenvalue weighted by atomic mass is 16.5. The molecule has 11 aromatic rings. The number of para-hydroxylation sites is 5. The van der Waals surface area contributed by atoms with Gasteiger partial charge in [-0.15, -0.1) is 0 Å². The summed E-state index contributed by atoms with van der Waals surface area (Å²) in [6.07, 6.45) is 0. The Hall–Kier alpha value is -9.18. The molecule has 0 atom stereocenters. The Morgan fingerprint density at radius 1 is 0.254 bits per heavy atom. The molecule has 0 amide bonds. The van der Waals surface area contributed by atoms with E-state index in [1.807, 2.05) is 0 Å². The molecule has 2 aliphatic carbocycles. The molecular weight excluding hydrogens is 863 g/mol. The Labute approximate surface area is 413 Å². The number of fused-ring (bicyclic) bond motifs is 18. The average Bonchev–Trinajstić information content (AvgIpc) is 3.91. The Kier molecular flexibility index (Phi) is 8.49. The fourth-order valence-electron chi connectivity index (χ4n) is 12.9. The van der Waals surface area contributed by atoms with Crippen LogP contribution in [-0.2, 0) is 10.8 Å². The van der Waals surface area contributed by atoms with Gasteiger partial charge >= 0.3 is 0 Å². The molecule has 332 valence electrons. The second-order valence-electron chi connectivity index (χ2n) is 19.0. The van der Waals surface area contributed by atoms with Gasteiger partial charge in [0.2, 0.25) is 0 Å². The van der Waals surface area contributed by atoms with E-state index < -0.39 is 10.8 Å². The molecule has 0 bridgehead atoms. The van der Waals surface area contributed by atoms with Crippen LogP contribution in [-0.4, -0.2) is 0 Å². The van der Waals surface area contributed by atoms with E-state index in [-0.39, 0.29) is 0 Å². The first-order valence-electron chi connectivity index (χ1n) is 24.5. The summed E-state index contributed by atoms with van der Waals surface area (Å²) in [7, 11) is 0. The van der Waals surface area contributed by atoms with Crippen molar-refractivity contribution in [1.29, 1.82) is 0 Å². The predicted molar refractivity (Wildman–Crippen MR) is 287 cm³/mol. The largest absolute Gasteiger partial charge is 0.457 e. The Morgan fingerprint density at radius 2 is 0.676 bits per heavy atom. The van der Waals surface area contributed by atoms with E-state index in [2.05, 4.69) is 266 Å². The van der Waals surface area contributed by atoms with Gasteiger partial charge in [-0.2, -0.15) is 0 Å². The van der Waals surface area contributed by atoms with Gasteiger partial charge in [0.25, 0.3) is 0 Å². The summed E-state index contributed by atoms with van der Waals surface area (Å²) in [5.41, 5.74) is 21.3. The SMILES string of the molecule is c1ccc(-c2ccccc2N(c2cccc(-c3ccc4c(c3)-c3ccccc3C43c4ccccc4Oc4ccccc43)c2)c2cccc3c2-c2ccccc2C32c3ccccc3Oc3ccccc32)cc1. The van der Waals surface area contributed by atoms with E-state index in [4.69, 9.17) is 9.47 Å². The van der Waals surface area contributed by atoms with Crippen molar-refractivity contribution in [3.8, 4) is 67.5 Å². The maximum atomic E-state index is 6.73. The lowest BCUT2D eigenvalue weighted by molar-refractivity contribution is 0.436. The second-order valence-corrected chi connectivity index (χ2v) is 19.0. The van der Waals surface area contributed by atoms with Crippen molar-refractivity contribution < 1.29 is 9.47 Å². The number of ether oxygens (including phenoxy) is 2. The van der Waals surface area contributed by atoms with Gasteiger partial charge in [-0.3, -0.25) is 0 Å². The molecule has 0 fully saturated rings. The Balaban J connectivity index is 0.962. The van der Waals surface area contributed by atoms with Gasteiger partial charge in [0.15, 0.2) is 0 Å². The zero-order valence-corrected chi connectivity index (χ0v) is 38.6. The minimum atomic E-state index is -0.608.